The van der Waals surface area contributed by atoms with Crippen LogP contribution in [0.25, 0.3) is 5.69 Å². The molecule has 0 aliphatic heterocycles. The first-order valence-electron chi connectivity index (χ1n) is 5.68. The van der Waals surface area contributed by atoms with Gasteiger partial charge in [-0.25, -0.2) is 4.79 Å². The number of carboxylic acids is 1. The van der Waals surface area contributed by atoms with Gasteiger partial charge in [0.1, 0.15) is 5.82 Å². The van der Waals surface area contributed by atoms with Crippen molar-refractivity contribution in [1.82, 2.24) is 14.8 Å². The number of rotatable bonds is 3. The average Bonchev–Trinajstić information content (AvgIpc) is 3.13. The number of hydrogen-bond acceptors (Lipinski definition) is 3. The van der Waals surface area contributed by atoms with Gasteiger partial charge >= 0.3 is 5.97 Å². The first kappa shape index (κ1) is 11.2. The minimum Gasteiger partial charge on any atom is -0.478 e. The molecule has 0 unspecified atom stereocenters. The van der Waals surface area contributed by atoms with E-state index in [1.54, 1.807) is 24.3 Å². The molecule has 18 heavy (non-hydrogen) atoms. The van der Waals surface area contributed by atoms with Gasteiger partial charge in [0.05, 0.1) is 5.56 Å². The van der Waals surface area contributed by atoms with Gasteiger partial charge in [-0.15, -0.1) is 0 Å². The summed E-state index contributed by atoms with van der Waals surface area (Å²) in [5.41, 5.74) is 1.11. The number of H-pyrrole nitrogens is 1. The van der Waals surface area contributed by atoms with Gasteiger partial charge in [0, 0.05) is 11.6 Å². The summed E-state index contributed by atoms with van der Waals surface area (Å²) >= 11 is 5.21. The lowest BCUT2D eigenvalue weighted by Gasteiger charge is -2.06. The van der Waals surface area contributed by atoms with E-state index in [4.69, 9.17) is 17.3 Å². The Balaban J connectivity index is 2.06. The van der Waals surface area contributed by atoms with Crippen molar-refractivity contribution in [2.45, 2.75) is 18.8 Å². The summed E-state index contributed by atoms with van der Waals surface area (Å²) in [6, 6.07) is 6.65. The van der Waals surface area contributed by atoms with Gasteiger partial charge in [0.15, 0.2) is 4.77 Å². The molecule has 0 saturated heterocycles. The lowest BCUT2D eigenvalue weighted by atomic mass is 10.2. The van der Waals surface area contributed by atoms with E-state index in [-0.39, 0.29) is 5.56 Å². The van der Waals surface area contributed by atoms with Crippen LogP contribution in [0, 0.1) is 4.77 Å². The quantitative estimate of drug-likeness (QED) is 0.833. The van der Waals surface area contributed by atoms with Crippen molar-refractivity contribution in [2.24, 2.45) is 0 Å². The summed E-state index contributed by atoms with van der Waals surface area (Å²) < 4.78 is 2.42. The molecule has 92 valence electrons. The third kappa shape index (κ3) is 1.84. The summed E-state index contributed by atoms with van der Waals surface area (Å²) in [7, 11) is 0. The zero-order chi connectivity index (χ0) is 12.7. The van der Waals surface area contributed by atoms with Crippen molar-refractivity contribution in [3.05, 3.63) is 40.4 Å². The molecule has 1 saturated carbocycles. The zero-order valence-electron chi connectivity index (χ0n) is 9.46. The summed E-state index contributed by atoms with van der Waals surface area (Å²) in [5.74, 6) is 0.472. The molecule has 1 aliphatic carbocycles. The van der Waals surface area contributed by atoms with Crippen LogP contribution in [-0.4, -0.2) is 25.8 Å². The maximum absolute atomic E-state index is 10.8. The van der Waals surface area contributed by atoms with E-state index in [2.05, 4.69) is 10.2 Å². The van der Waals surface area contributed by atoms with Gasteiger partial charge in [-0.3, -0.25) is 9.67 Å². The minimum atomic E-state index is -0.931. The number of aromatic carboxylic acids is 1. The van der Waals surface area contributed by atoms with Crippen molar-refractivity contribution >= 4 is 18.2 Å². The number of aromatic nitrogens is 3. The maximum atomic E-state index is 10.8. The molecule has 6 heteroatoms. The molecule has 1 aliphatic rings. The normalized spacial score (nSPS) is 14.7. The summed E-state index contributed by atoms with van der Waals surface area (Å²) in [4.78, 5) is 10.8. The Morgan fingerprint density at radius 2 is 2.06 bits per heavy atom. The smallest absolute Gasteiger partial charge is 0.335 e. The van der Waals surface area contributed by atoms with Crippen LogP contribution < -0.4 is 0 Å². The predicted molar refractivity (Wildman–Crippen MR) is 67.7 cm³/mol. The largest absolute Gasteiger partial charge is 0.478 e. The van der Waals surface area contributed by atoms with E-state index in [1.807, 2.05) is 4.57 Å². The molecular formula is C12H11N3O2S. The molecule has 0 bridgehead atoms. The van der Waals surface area contributed by atoms with E-state index in [0.717, 1.165) is 24.4 Å². The van der Waals surface area contributed by atoms with E-state index in [0.29, 0.717) is 10.7 Å². The van der Waals surface area contributed by atoms with Crippen LogP contribution in [-0.2, 0) is 0 Å². The predicted octanol–water partition coefficient (Wildman–Crippen LogP) is 2.51. The second kappa shape index (κ2) is 4.06. The van der Waals surface area contributed by atoms with E-state index >= 15 is 0 Å². The second-order valence-electron chi connectivity index (χ2n) is 4.35. The Hall–Kier alpha value is -1.95. The molecule has 0 spiro atoms. The summed E-state index contributed by atoms with van der Waals surface area (Å²) in [6.45, 7) is 0. The zero-order valence-corrected chi connectivity index (χ0v) is 10.3. The molecule has 2 N–H and O–H groups in total. The molecule has 3 rings (SSSR count). The van der Waals surface area contributed by atoms with E-state index in [9.17, 15) is 4.79 Å². The van der Waals surface area contributed by atoms with E-state index in [1.165, 1.54) is 0 Å². The molecule has 1 aromatic carbocycles. The average molecular weight is 261 g/mol. The number of aromatic amines is 1. The maximum Gasteiger partial charge on any atom is 0.335 e. The molecule has 0 amide bonds. The van der Waals surface area contributed by atoms with Gasteiger partial charge < -0.3 is 5.11 Å². The lowest BCUT2D eigenvalue weighted by molar-refractivity contribution is 0.0697. The van der Waals surface area contributed by atoms with Crippen LogP contribution in [0.4, 0.5) is 0 Å². The Morgan fingerprint density at radius 3 is 2.61 bits per heavy atom. The van der Waals surface area contributed by atoms with E-state index < -0.39 is 5.97 Å². The van der Waals surface area contributed by atoms with Gasteiger partial charge in [-0.2, -0.15) is 5.10 Å². The highest BCUT2D eigenvalue weighted by Gasteiger charge is 2.29. The molecular weight excluding hydrogens is 250 g/mol. The Morgan fingerprint density at radius 1 is 1.39 bits per heavy atom. The fourth-order valence-corrected chi connectivity index (χ4v) is 2.17. The summed E-state index contributed by atoms with van der Waals surface area (Å²) in [6.07, 6.45) is 2.26. The number of hydrogen-bond donors (Lipinski definition) is 2. The number of nitrogens with zero attached hydrogens (tertiary/aromatic N) is 2. The fraction of sp³-hybridized carbons (Fsp3) is 0.250. The molecule has 1 fully saturated rings. The third-order valence-electron chi connectivity index (χ3n) is 3.01. The van der Waals surface area contributed by atoms with Crippen molar-refractivity contribution in [1.29, 1.82) is 0 Å². The fourth-order valence-electron chi connectivity index (χ4n) is 1.93. The topological polar surface area (TPSA) is 70.9 Å². The van der Waals surface area contributed by atoms with Crippen molar-refractivity contribution < 1.29 is 9.90 Å². The van der Waals surface area contributed by atoms with Crippen LogP contribution in [0.2, 0.25) is 0 Å². The third-order valence-corrected chi connectivity index (χ3v) is 3.29. The van der Waals surface area contributed by atoms with Gasteiger partial charge in [-0.05, 0) is 49.3 Å². The van der Waals surface area contributed by atoms with Gasteiger partial charge in [0.2, 0.25) is 0 Å². The lowest BCUT2D eigenvalue weighted by Crippen LogP contribution is -2.01. The van der Waals surface area contributed by atoms with Gasteiger partial charge in [0.25, 0.3) is 0 Å². The molecule has 1 heterocycles. The number of nitrogens with one attached hydrogen (secondary N) is 1. The monoisotopic (exact) mass is 261 g/mol. The SMILES string of the molecule is O=C(O)c1ccc(-n2c(C3CC3)n[nH]c2=S)cc1. The molecule has 1 aromatic heterocycles. The van der Waals surface area contributed by atoms with Crippen molar-refractivity contribution in [2.75, 3.05) is 0 Å². The first-order valence-corrected chi connectivity index (χ1v) is 6.08. The highest BCUT2D eigenvalue weighted by atomic mass is 32.1. The van der Waals surface area contributed by atoms with Crippen molar-refractivity contribution in [3.8, 4) is 5.69 Å². The number of carboxylic acid groups (broad SMARTS) is 1. The first-order chi connectivity index (χ1) is 8.66. The molecule has 5 nitrogen and oxygen atoms in total. The standard InChI is InChI=1S/C12H11N3O2S/c16-11(17)8-3-5-9(6-4-8)15-10(7-1-2-7)13-14-12(15)18/h3-7H,1-2H2,(H,14,18)(H,16,17). The summed E-state index contributed by atoms with van der Waals surface area (Å²) in [5, 5.41) is 15.9. The molecule has 0 radical (unpaired) electrons. The molecule has 0 atom stereocenters. The van der Waals surface area contributed by atoms with Gasteiger partial charge in [-0.1, -0.05) is 0 Å². The van der Waals surface area contributed by atoms with Crippen LogP contribution in [0.1, 0.15) is 34.9 Å². The van der Waals surface area contributed by atoms with Crippen molar-refractivity contribution in [3.63, 3.8) is 0 Å². The van der Waals surface area contributed by atoms with Crippen LogP contribution >= 0.6 is 12.2 Å². The Kier molecular flexibility index (Phi) is 2.52. The van der Waals surface area contributed by atoms with Crippen LogP contribution in [0.3, 0.4) is 0 Å². The molecule has 2 aromatic rings. The van der Waals surface area contributed by atoms with Crippen LogP contribution in [0.15, 0.2) is 24.3 Å². The number of carbonyl (C=O) groups is 1. The highest BCUT2D eigenvalue weighted by Crippen LogP contribution is 2.39. The number of benzene rings is 1. The minimum absolute atomic E-state index is 0.265. The van der Waals surface area contributed by atoms with Crippen LogP contribution in [0.5, 0.6) is 0 Å². The highest BCUT2D eigenvalue weighted by molar-refractivity contribution is 7.71. The second-order valence-corrected chi connectivity index (χ2v) is 4.74. The Bertz CT molecular complexity index is 653. The Labute approximate surface area is 108 Å².